The molecule has 1 aliphatic rings. The SMILES string of the molecule is CSc1ccccc1CN1CCCN(Cc2cccs2)CC1. The van der Waals surface area contributed by atoms with Gasteiger partial charge < -0.3 is 0 Å². The lowest BCUT2D eigenvalue weighted by molar-refractivity contribution is 0.247. The van der Waals surface area contributed by atoms with Gasteiger partial charge in [-0.25, -0.2) is 0 Å². The van der Waals surface area contributed by atoms with Gasteiger partial charge in [-0.05, 0) is 48.8 Å². The van der Waals surface area contributed by atoms with Crippen LogP contribution < -0.4 is 0 Å². The number of thiophene rings is 1. The summed E-state index contributed by atoms with van der Waals surface area (Å²) in [6, 6.07) is 13.2. The van der Waals surface area contributed by atoms with Gasteiger partial charge in [0.1, 0.15) is 0 Å². The first kappa shape index (κ1) is 16.1. The Kier molecular flexibility index (Phi) is 5.96. The minimum atomic E-state index is 1.09. The van der Waals surface area contributed by atoms with Gasteiger partial charge in [0, 0.05) is 36.0 Å². The summed E-state index contributed by atoms with van der Waals surface area (Å²) in [5.74, 6) is 0. The molecule has 2 heterocycles. The van der Waals surface area contributed by atoms with Gasteiger partial charge in [-0.3, -0.25) is 9.80 Å². The third-order valence-electron chi connectivity index (χ3n) is 4.23. The number of hydrogen-bond donors (Lipinski definition) is 0. The maximum Gasteiger partial charge on any atom is 0.0328 e. The van der Waals surface area contributed by atoms with E-state index in [4.69, 9.17) is 0 Å². The van der Waals surface area contributed by atoms with Crippen LogP contribution in [0.3, 0.4) is 0 Å². The quantitative estimate of drug-likeness (QED) is 0.759. The first-order valence-electron chi connectivity index (χ1n) is 7.94. The summed E-state index contributed by atoms with van der Waals surface area (Å²) in [7, 11) is 0. The van der Waals surface area contributed by atoms with E-state index in [2.05, 4.69) is 57.8 Å². The van der Waals surface area contributed by atoms with E-state index >= 15 is 0 Å². The molecule has 2 nitrogen and oxygen atoms in total. The third-order valence-corrected chi connectivity index (χ3v) is 5.93. The topological polar surface area (TPSA) is 6.48 Å². The molecule has 0 radical (unpaired) electrons. The highest BCUT2D eigenvalue weighted by molar-refractivity contribution is 7.98. The fraction of sp³-hybridized carbons (Fsp3) is 0.444. The zero-order valence-electron chi connectivity index (χ0n) is 13.2. The fourth-order valence-electron chi connectivity index (χ4n) is 3.04. The summed E-state index contributed by atoms with van der Waals surface area (Å²) in [5, 5.41) is 2.18. The molecule has 0 saturated carbocycles. The van der Waals surface area contributed by atoms with Crippen molar-refractivity contribution in [3.8, 4) is 0 Å². The zero-order chi connectivity index (χ0) is 15.2. The second kappa shape index (κ2) is 8.16. The van der Waals surface area contributed by atoms with Crippen molar-refractivity contribution in [3.63, 3.8) is 0 Å². The first-order chi connectivity index (χ1) is 10.8. The van der Waals surface area contributed by atoms with Crippen molar-refractivity contribution in [1.82, 2.24) is 9.80 Å². The molecule has 0 unspecified atom stereocenters. The largest absolute Gasteiger partial charge is 0.298 e. The minimum Gasteiger partial charge on any atom is -0.298 e. The predicted molar refractivity (Wildman–Crippen MR) is 97.7 cm³/mol. The van der Waals surface area contributed by atoms with Crippen LogP contribution in [0.4, 0.5) is 0 Å². The Hall–Kier alpha value is -0.810. The van der Waals surface area contributed by atoms with E-state index in [0.717, 1.165) is 13.1 Å². The van der Waals surface area contributed by atoms with Gasteiger partial charge in [-0.15, -0.1) is 23.1 Å². The molecule has 22 heavy (non-hydrogen) atoms. The summed E-state index contributed by atoms with van der Waals surface area (Å²) in [4.78, 5) is 8.12. The van der Waals surface area contributed by atoms with Gasteiger partial charge in [0.15, 0.2) is 0 Å². The maximum atomic E-state index is 2.61. The predicted octanol–water partition coefficient (Wildman–Crippen LogP) is 4.18. The Morgan fingerprint density at radius 2 is 1.73 bits per heavy atom. The molecule has 0 N–H and O–H groups in total. The highest BCUT2D eigenvalue weighted by Crippen LogP contribution is 2.22. The summed E-state index contributed by atoms with van der Waals surface area (Å²) < 4.78 is 0. The molecular weight excluding hydrogens is 308 g/mol. The standard InChI is InChI=1S/C18H24N2S2/c1-21-18-8-3-2-6-16(18)14-19-9-5-10-20(12-11-19)15-17-7-4-13-22-17/h2-4,6-8,13H,5,9-12,14-15H2,1H3. The van der Waals surface area contributed by atoms with Crippen molar-refractivity contribution < 1.29 is 0 Å². The normalized spacial score (nSPS) is 17.5. The van der Waals surface area contributed by atoms with E-state index in [1.54, 1.807) is 0 Å². The van der Waals surface area contributed by atoms with Gasteiger partial charge >= 0.3 is 0 Å². The molecule has 0 aliphatic carbocycles. The van der Waals surface area contributed by atoms with E-state index in [9.17, 15) is 0 Å². The molecule has 2 aromatic rings. The Labute approximate surface area is 142 Å². The first-order valence-corrected chi connectivity index (χ1v) is 10.0. The molecule has 4 heteroatoms. The van der Waals surface area contributed by atoms with Crippen LogP contribution in [-0.4, -0.2) is 42.2 Å². The molecule has 1 aliphatic heterocycles. The maximum absolute atomic E-state index is 2.61. The fourth-order valence-corrected chi connectivity index (χ4v) is 4.39. The molecule has 1 aromatic heterocycles. The van der Waals surface area contributed by atoms with E-state index in [1.807, 2.05) is 23.1 Å². The Morgan fingerprint density at radius 1 is 0.955 bits per heavy atom. The van der Waals surface area contributed by atoms with Gasteiger partial charge in [-0.1, -0.05) is 24.3 Å². The summed E-state index contributed by atoms with van der Waals surface area (Å²) in [6.07, 6.45) is 3.44. The zero-order valence-corrected chi connectivity index (χ0v) is 14.8. The highest BCUT2D eigenvalue weighted by Gasteiger charge is 2.16. The van der Waals surface area contributed by atoms with Crippen LogP contribution in [0.1, 0.15) is 16.9 Å². The number of rotatable bonds is 5. The van der Waals surface area contributed by atoms with E-state index in [0.29, 0.717) is 0 Å². The lowest BCUT2D eigenvalue weighted by Crippen LogP contribution is -2.30. The Balaban J connectivity index is 1.56. The molecule has 1 fully saturated rings. The van der Waals surface area contributed by atoms with Crippen LogP contribution in [0, 0.1) is 0 Å². The summed E-state index contributed by atoms with van der Waals surface area (Å²) in [5.41, 5.74) is 1.47. The van der Waals surface area contributed by atoms with Gasteiger partial charge in [0.25, 0.3) is 0 Å². The van der Waals surface area contributed by atoms with E-state index in [1.165, 1.54) is 47.9 Å². The van der Waals surface area contributed by atoms with E-state index in [-0.39, 0.29) is 0 Å². The van der Waals surface area contributed by atoms with E-state index < -0.39 is 0 Å². The van der Waals surface area contributed by atoms with Crippen LogP contribution in [0.2, 0.25) is 0 Å². The third kappa shape index (κ3) is 4.35. The molecule has 118 valence electrons. The van der Waals surface area contributed by atoms with Gasteiger partial charge in [0.2, 0.25) is 0 Å². The molecule has 3 rings (SSSR count). The number of benzene rings is 1. The van der Waals surface area contributed by atoms with Crippen LogP contribution in [0.5, 0.6) is 0 Å². The molecule has 0 atom stereocenters. The average molecular weight is 333 g/mol. The summed E-state index contributed by atoms with van der Waals surface area (Å²) in [6.45, 7) is 6.99. The highest BCUT2D eigenvalue weighted by atomic mass is 32.2. The van der Waals surface area contributed by atoms with Crippen molar-refractivity contribution in [2.75, 3.05) is 32.4 Å². The van der Waals surface area contributed by atoms with Crippen LogP contribution in [0.15, 0.2) is 46.7 Å². The average Bonchev–Trinajstić information content (AvgIpc) is 2.96. The number of thioether (sulfide) groups is 1. The molecular formula is C18H24N2S2. The van der Waals surface area contributed by atoms with Crippen molar-refractivity contribution in [2.24, 2.45) is 0 Å². The number of nitrogens with zero attached hydrogens (tertiary/aromatic N) is 2. The number of hydrogen-bond acceptors (Lipinski definition) is 4. The summed E-state index contributed by atoms with van der Waals surface area (Å²) >= 11 is 3.73. The molecule has 1 saturated heterocycles. The molecule has 0 amide bonds. The van der Waals surface area contributed by atoms with Gasteiger partial charge in [-0.2, -0.15) is 0 Å². The van der Waals surface area contributed by atoms with Crippen molar-refractivity contribution >= 4 is 23.1 Å². The Bertz CT molecular complexity index is 568. The second-order valence-corrected chi connectivity index (χ2v) is 7.68. The monoisotopic (exact) mass is 332 g/mol. The second-order valence-electron chi connectivity index (χ2n) is 5.80. The van der Waals surface area contributed by atoms with Gasteiger partial charge in [0.05, 0.1) is 0 Å². The minimum absolute atomic E-state index is 1.09. The van der Waals surface area contributed by atoms with Crippen LogP contribution >= 0.6 is 23.1 Å². The van der Waals surface area contributed by atoms with Crippen molar-refractivity contribution in [1.29, 1.82) is 0 Å². The smallest absolute Gasteiger partial charge is 0.0328 e. The molecule has 0 bridgehead atoms. The van der Waals surface area contributed by atoms with Crippen molar-refractivity contribution in [2.45, 2.75) is 24.4 Å². The lowest BCUT2D eigenvalue weighted by atomic mass is 10.2. The van der Waals surface area contributed by atoms with Crippen LogP contribution in [-0.2, 0) is 13.1 Å². The van der Waals surface area contributed by atoms with Crippen molar-refractivity contribution in [3.05, 3.63) is 52.2 Å². The molecule has 0 spiro atoms. The Morgan fingerprint density at radius 3 is 2.45 bits per heavy atom. The lowest BCUT2D eigenvalue weighted by Gasteiger charge is -2.22. The van der Waals surface area contributed by atoms with Crippen LogP contribution in [0.25, 0.3) is 0 Å². The molecule has 1 aromatic carbocycles.